The fourth-order valence-corrected chi connectivity index (χ4v) is 1.37. The van der Waals surface area contributed by atoms with Crippen molar-refractivity contribution in [1.29, 1.82) is 0 Å². The Bertz CT molecular complexity index is 321. The molecule has 0 bridgehead atoms. The van der Waals surface area contributed by atoms with Crippen molar-refractivity contribution in [2.24, 2.45) is 5.92 Å². The SMILES string of the molecule is CCC(=O)NC(C)(CNC(=O)OC(C)(C)C)C(C)C. The van der Waals surface area contributed by atoms with E-state index in [1.54, 1.807) is 6.92 Å². The molecule has 0 rings (SSSR count). The third kappa shape index (κ3) is 7.03. The molecule has 0 spiro atoms. The lowest BCUT2D eigenvalue weighted by Gasteiger charge is -2.35. The maximum Gasteiger partial charge on any atom is 0.407 e. The van der Waals surface area contributed by atoms with Crippen LogP contribution in [0.4, 0.5) is 4.79 Å². The normalized spacial score (nSPS) is 14.7. The Morgan fingerprint density at radius 1 is 1.16 bits per heavy atom. The van der Waals surface area contributed by atoms with Crippen LogP contribution in [-0.2, 0) is 9.53 Å². The summed E-state index contributed by atoms with van der Waals surface area (Å²) in [6.07, 6.45) is -0.0421. The highest BCUT2D eigenvalue weighted by atomic mass is 16.6. The largest absolute Gasteiger partial charge is 0.444 e. The Kier molecular flexibility index (Phi) is 6.33. The van der Waals surface area contributed by atoms with Crippen molar-refractivity contribution in [2.75, 3.05) is 6.54 Å². The van der Waals surface area contributed by atoms with Crippen molar-refractivity contribution < 1.29 is 14.3 Å². The van der Waals surface area contributed by atoms with Gasteiger partial charge in [0.05, 0.1) is 5.54 Å². The smallest absolute Gasteiger partial charge is 0.407 e. The molecule has 1 atom stereocenters. The molecule has 0 aromatic heterocycles. The first-order valence-corrected chi connectivity index (χ1v) is 6.78. The van der Waals surface area contributed by atoms with Crippen LogP contribution in [0.25, 0.3) is 0 Å². The van der Waals surface area contributed by atoms with Gasteiger partial charge < -0.3 is 15.4 Å². The average molecular weight is 272 g/mol. The van der Waals surface area contributed by atoms with Crippen molar-refractivity contribution in [2.45, 2.75) is 66.0 Å². The number of amides is 2. The van der Waals surface area contributed by atoms with Gasteiger partial charge in [0.1, 0.15) is 5.60 Å². The van der Waals surface area contributed by atoms with Crippen LogP contribution in [0.15, 0.2) is 0 Å². The van der Waals surface area contributed by atoms with Gasteiger partial charge in [0.2, 0.25) is 5.91 Å². The number of hydrogen-bond acceptors (Lipinski definition) is 3. The van der Waals surface area contributed by atoms with E-state index in [2.05, 4.69) is 10.6 Å². The standard InChI is InChI=1S/C14H28N2O3/c1-8-11(17)16-14(7,10(2)3)9-15-12(18)19-13(4,5)6/h10H,8-9H2,1-7H3,(H,15,18)(H,16,17). The van der Waals surface area contributed by atoms with Crippen LogP contribution < -0.4 is 10.6 Å². The Labute approximate surface area is 116 Å². The van der Waals surface area contributed by atoms with Crippen molar-refractivity contribution >= 4 is 12.0 Å². The van der Waals surface area contributed by atoms with Gasteiger partial charge in [-0.1, -0.05) is 20.8 Å². The van der Waals surface area contributed by atoms with Gasteiger partial charge in [-0.05, 0) is 33.6 Å². The first-order chi connectivity index (χ1) is 8.50. The quantitative estimate of drug-likeness (QED) is 0.808. The van der Waals surface area contributed by atoms with Gasteiger partial charge in [-0.3, -0.25) is 4.79 Å². The summed E-state index contributed by atoms with van der Waals surface area (Å²) in [6, 6.07) is 0. The Morgan fingerprint density at radius 2 is 1.68 bits per heavy atom. The summed E-state index contributed by atoms with van der Waals surface area (Å²) in [5.74, 6) is 0.167. The van der Waals surface area contributed by atoms with E-state index in [9.17, 15) is 9.59 Å². The van der Waals surface area contributed by atoms with Gasteiger partial charge in [0.15, 0.2) is 0 Å². The molecule has 0 heterocycles. The molecule has 2 amide bonds. The second-order valence-corrected chi connectivity index (χ2v) is 6.33. The molecule has 0 aliphatic rings. The molecule has 2 N–H and O–H groups in total. The Morgan fingerprint density at radius 3 is 2.05 bits per heavy atom. The van der Waals surface area contributed by atoms with Crippen LogP contribution in [0.5, 0.6) is 0 Å². The van der Waals surface area contributed by atoms with Crippen molar-refractivity contribution in [3.63, 3.8) is 0 Å². The van der Waals surface area contributed by atoms with E-state index < -0.39 is 17.2 Å². The molecular weight excluding hydrogens is 244 g/mol. The van der Waals surface area contributed by atoms with Crippen LogP contribution in [0.3, 0.4) is 0 Å². The first-order valence-electron chi connectivity index (χ1n) is 6.78. The molecular formula is C14H28N2O3. The number of rotatable bonds is 5. The number of alkyl carbamates (subject to hydrolysis) is 1. The maximum absolute atomic E-state index is 11.6. The molecule has 5 nitrogen and oxygen atoms in total. The number of carbonyl (C=O) groups excluding carboxylic acids is 2. The van der Waals surface area contributed by atoms with Gasteiger partial charge in [0, 0.05) is 13.0 Å². The highest BCUT2D eigenvalue weighted by Gasteiger charge is 2.30. The maximum atomic E-state index is 11.6. The van der Waals surface area contributed by atoms with Crippen LogP contribution in [0.2, 0.25) is 0 Å². The first kappa shape index (κ1) is 17.7. The van der Waals surface area contributed by atoms with Crippen molar-refractivity contribution in [1.82, 2.24) is 10.6 Å². The minimum atomic E-state index is -0.523. The highest BCUT2D eigenvalue weighted by Crippen LogP contribution is 2.16. The summed E-state index contributed by atoms with van der Waals surface area (Å²) >= 11 is 0. The lowest BCUT2D eigenvalue weighted by molar-refractivity contribution is -0.123. The minimum Gasteiger partial charge on any atom is -0.444 e. The second-order valence-electron chi connectivity index (χ2n) is 6.33. The monoisotopic (exact) mass is 272 g/mol. The minimum absolute atomic E-state index is 0.0258. The molecule has 1 unspecified atom stereocenters. The number of carbonyl (C=O) groups is 2. The van der Waals surface area contributed by atoms with E-state index in [1.807, 2.05) is 41.5 Å². The van der Waals surface area contributed by atoms with E-state index in [0.29, 0.717) is 13.0 Å². The summed E-state index contributed by atoms with van der Waals surface area (Å²) in [7, 11) is 0. The zero-order valence-corrected chi connectivity index (χ0v) is 13.2. The molecule has 0 aliphatic heterocycles. The molecule has 0 saturated carbocycles. The second kappa shape index (κ2) is 6.78. The lowest BCUT2D eigenvalue weighted by atomic mass is 9.88. The Hall–Kier alpha value is -1.26. The van der Waals surface area contributed by atoms with E-state index in [0.717, 1.165) is 0 Å². The van der Waals surface area contributed by atoms with E-state index in [1.165, 1.54) is 0 Å². The molecule has 0 aromatic carbocycles. The molecule has 0 saturated heterocycles. The van der Waals surface area contributed by atoms with E-state index >= 15 is 0 Å². The van der Waals surface area contributed by atoms with Crippen LogP contribution in [0.1, 0.15) is 54.9 Å². The number of ether oxygens (including phenoxy) is 1. The zero-order valence-electron chi connectivity index (χ0n) is 13.2. The van der Waals surface area contributed by atoms with Gasteiger partial charge in [-0.2, -0.15) is 0 Å². The van der Waals surface area contributed by atoms with Crippen LogP contribution >= 0.6 is 0 Å². The fraction of sp³-hybridized carbons (Fsp3) is 0.857. The zero-order chi connectivity index (χ0) is 15.3. The van der Waals surface area contributed by atoms with Crippen molar-refractivity contribution in [3.8, 4) is 0 Å². The predicted molar refractivity (Wildman–Crippen MR) is 75.9 cm³/mol. The fourth-order valence-electron chi connectivity index (χ4n) is 1.37. The van der Waals surface area contributed by atoms with Gasteiger partial charge in [-0.15, -0.1) is 0 Å². The third-order valence-corrected chi connectivity index (χ3v) is 3.02. The van der Waals surface area contributed by atoms with Gasteiger partial charge >= 0.3 is 6.09 Å². The molecule has 112 valence electrons. The molecule has 0 radical (unpaired) electrons. The number of nitrogens with one attached hydrogen (secondary N) is 2. The summed E-state index contributed by atoms with van der Waals surface area (Å²) in [4.78, 5) is 23.2. The molecule has 0 aromatic rings. The lowest BCUT2D eigenvalue weighted by Crippen LogP contribution is -2.57. The highest BCUT2D eigenvalue weighted by molar-refractivity contribution is 5.76. The predicted octanol–water partition coefficient (Wildman–Crippen LogP) is 2.45. The molecule has 19 heavy (non-hydrogen) atoms. The van der Waals surface area contributed by atoms with Gasteiger partial charge in [0.25, 0.3) is 0 Å². The molecule has 0 fully saturated rings. The number of hydrogen-bond donors (Lipinski definition) is 2. The average Bonchev–Trinajstić information content (AvgIpc) is 2.23. The van der Waals surface area contributed by atoms with Crippen molar-refractivity contribution in [3.05, 3.63) is 0 Å². The summed E-state index contributed by atoms with van der Waals surface area (Å²) in [6.45, 7) is 13.5. The van der Waals surface area contributed by atoms with Gasteiger partial charge in [-0.25, -0.2) is 4.79 Å². The van der Waals surface area contributed by atoms with Crippen LogP contribution in [-0.4, -0.2) is 29.7 Å². The van der Waals surface area contributed by atoms with Crippen LogP contribution in [0, 0.1) is 5.92 Å². The summed E-state index contributed by atoms with van der Waals surface area (Å²) in [5.41, 5.74) is -1.00. The van der Waals surface area contributed by atoms with E-state index in [4.69, 9.17) is 4.74 Å². The summed E-state index contributed by atoms with van der Waals surface area (Å²) in [5, 5.41) is 5.67. The summed E-state index contributed by atoms with van der Waals surface area (Å²) < 4.78 is 5.18. The molecule has 5 heteroatoms. The topological polar surface area (TPSA) is 67.4 Å². The molecule has 0 aliphatic carbocycles. The Balaban J connectivity index is 4.52. The van der Waals surface area contributed by atoms with E-state index in [-0.39, 0.29) is 11.8 Å². The third-order valence-electron chi connectivity index (χ3n) is 3.02.